The van der Waals surface area contributed by atoms with E-state index in [1.54, 1.807) is 16.2 Å². The number of rotatable bonds is 4. The Morgan fingerprint density at radius 2 is 1.84 bits per heavy atom. The van der Waals surface area contributed by atoms with Gasteiger partial charge in [0.15, 0.2) is 0 Å². The fourth-order valence-electron chi connectivity index (χ4n) is 3.82. The first-order valence-electron chi connectivity index (χ1n) is 10.7. The fraction of sp³-hybridized carbons (Fsp3) is 0.583. The van der Waals surface area contributed by atoms with Crippen LogP contribution in [0, 0.1) is 11.8 Å². The number of benzene rings is 1. The smallest absolute Gasteiger partial charge is 0.410 e. The molecule has 2 heterocycles. The Balaban J connectivity index is 1.80. The minimum absolute atomic E-state index is 0.0380. The number of ether oxygens (including phenoxy) is 2. The molecule has 1 aromatic carbocycles. The van der Waals surface area contributed by atoms with Gasteiger partial charge in [0.1, 0.15) is 11.2 Å². The molecule has 1 aliphatic heterocycles. The molecule has 0 saturated carbocycles. The van der Waals surface area contributed by atoms with E-state index in [9.17, 15) is 9.59 Å². The lowest BCUT2D eigenvalue weighted by atomic mass is 9.88. The zero-order valence-electron chi connectivity index (χ0n) is 19.2. The number of nitrogens with zero attached hydrogens (tertiary/aromatic N) is 1. The van der Waals surface area contributed by atoms with Crippen molar-refractivity contribution in [2.75, 3.05) is 13.1 Å². The van der Waals surface area contributed by atoms with Crippen molar-refractivity contribution < 1.29 is 19.1 Å². The molecule has 1 fully saturated rings. The highest BCUT2D eigenvalue weighted by Crippen LogP contribution is 2.36. The van der Waals surface area contributed by atoms with E-state index < -0.39 is 11.2 Å². The van der Waals surface area contributed by atoms with Crippen LogP contribution in [0.25, 0.3) is 10.1 Å². The van der Waals surface area contributed by atoms with Crippen molar-refractivity contribution in [1.82, 2.24) is 4.90 Å². The van der Waals surface area contributed by atoms with E-state index in [0.717, 1.165) is 21.2 Å². The topological polar surface area (TPSA) is 55.8 Å². The van der Waals surface area contributed by atoms with Crippen LogP contribution >= 0.6 is 27.3 Å². The van der Waals surface area contributed by atoms with Gasteiger partial charge in [-0.2, -0.15) is 0 Å². The Hall–Kier alpha value is -1.60. The van der Waals surface area contributed by atoms with E-state index in [2.05, 4.69) is 28.1 Å². The number of amides is 1. The highest BCUT2D eigenvalue weighted by Gasteiger charge is 2.39. The Morgan fingerprint density at radius 3 is 2.45 bits per heavy atom. The van der Waals surface area contributed by atoms with Crippen LogP contribution in [0.2, 0.25) is 0 Å². The molecule has 0 unspecified atom stereocenters. The second-order valence-electron chi connectivity index (χ2n) is 10.2. The number of hydrogen-bond donors (Lipinski definition) is 0. The summed E-state index contributed by atoms with van der Waals surface area (Å²) in [4.78, 5) is 28.6. The van der Waals surface area contributed by atoms with E-state index in [4.69, 9.17) is 9.47 Å². The first-order chi connectivity index (χ1) is 14.3. The number of carbonyl (C=O) groups is 2. The lowest BCUT2D eigenvalue weighted by Gasteiger charge is -2.28. The van der Waals surface area contributed by atoms with Crippen molar-refractivity contribution in [3.8, 4) is 0 Å². The largest absolute Gasteiger partial charge is 0.460 e. The second-order valence-corrected chi connectivity index (χ2v) is 12.2. The predicted octanol–water partition coefficient (Wildman–Crippen LogP) is 6.42. The van der Waals surface area contributed by atoms with Gasteiger partial charge in [-0.25, -0.2) is 4.79 Å². The molecule has 2 atom stereocenters. The van der Waals surface area contributed by atoms with E-state index in [-0.39, 0.29) is 23.9 Å². The van der Waals surface area contributed by atoms with Crippen molar-refractivity contribution in [2.24, 2.45) is 11.8 Å². The maximum atomic E-state index is 13.2. The van der Waals surface area contributed by atoms with Crippen LogP contribution in [-0.2, 0) is 20.7 Å². The minimum atomic E-state index is -0.554. The summed E-state index contributed by atoms with van der Waals surface area (Å²) in [5.74, 6) is -0.463. The summed E-state index contributed by atoms with van der Waals surface area (Å²) in [6, 6.07) is 8.30. The van der Waals surface area contributed by atoms with Crippen molar-refractivity contribution in [2.45, 2.75) is 65.6 Å². The maximum absolute atomic E-state index is 13.2. The van der Waals surface area contributed by atoms with Crippen molar-refractivity contribution >= 4 is 49.4 Å². The molecule has 0 bridgehead atoms. The summed E-state index contributed by atoms with van der Waals surface area (Å²) in [5.41, 5.74) is -1.09. The highest BCUT2D eigenvalue weighted by atomic mass is 79.9. The van der Waals surface area contributed by atoms with Gasteiger partial charge in [0, 0.05) is 32.5 Å². The van der Waals surface area contributed by atoms with Gasteiger partial charge in [-0.05, 0) is 78.5 Å². The van der Waals surface area contributed by atoms with E-state index >= 15 is 0 Å². The molecule has 1 amide bonds. The van der Waals surface area contributed by atoms with Crippen molar-refractivity contribution in [3.63, 3.8) is 0 Å². The standard InChI is InChI=1S/C24H32BrNO4S/c1-23(2,3)29-21(27)17(12-16-13-18-19(25)8-7-9-20(18)31-16)15-10-11-26(14-15)22(28)30-24(4,5)6/h7-9,13,15,17H,10-12,14H2,1-6H3/t15-,17-/m0/s1. The van der Waals surface area contributed by atoms with Crippen molar-refractivity contribution in [1.29, 1.82) is 0 Å². The van der Waals surface area contributed by atoms with Crippen LogP contribution in [0.1, 0.15) is 52.8 Å². The molecule has 31 heavy (non-hydrogen) atoms. The molecular weight excluding hydrogens is 478 g/mol. The lowest BCUT2D eigenvalue weighted by Crippen LogP contribution is -2.38. The molecule has 170 valence electrons. The lowest BCUT2D eigenvalue weighted by molar-refractivity contribution is -0.161. The molecule has 3 rings (SSSR count). The van der Waals surface area contributed by atoms with Crippen molar-refractivity contribution in [3.05, 3.63) is 33.6 Å². The van der Waals surface area contributed by atoms with E-state index in [0.29, 0.717) is 19.5 Å². The molecule has 7 heteroatoms. The van der Waals surface area contributed by atoms with Crippen LogP contribution in [-0.4, -0.2) is 41.3 Å². The van der Waals surface area contributed by atoms with E-state index in [1.807, 2.05) is 53.7 Å². The zero-order chi connectivity index (χ0) is 23.0. The zero-order valence-corrected chi connectivity index (χ0v) is 21.6. The van der Waals surface area contributed by atoms with Gasteiger partial charge >= 0.3 is 12.1 Å². The number of likely N-dealkylation sites (tertiary alicyclic amines) is 1. The first-order valence-corrected chi connectivity index (χ1v) is 12.3. The molecule has 2 aromatic rings. The summed E-state index contributed by atoms with van der Waals surface area (Å²) in [5, 5.41) is 1.16. The van der Waals surface area contributed by atoms with Crippen LogP contribution < -0.4 is 0 Å². The molecule has 1 aromatic heterocycles. The molecular formula is C24H32BrNO4S. The average Bonchev–Trinajstić information content (AvgIpc) is 3.24. The predicted molar refractivity (Wildman–Crippen MR) is 128 cm³/mol. The summed E-state index contributed by atoms with van der Waals surface area (Å²) >= 11 is 5.32. The van der Waals surface area contributed by atoms with Crippen LogP contribution in [0.15, 0.2) is 28.7 Å². The SMILES string of the molecule is CC(C)(C)OC(=O)[C@@H](Cc1cc2c(Br)cccc2s1)[C@H]1CCN(C(=O)OC(C)(C)C)C1. The van der Waals surface area contributed by atoms with Gasteiger partial charge in [0.25, 0.3) is 0 Å². The number of thiophene rings is 1. The molecule has 0 spiro atoms. The Bertz CT molecular complexity index is 957. The third-order valence-electron chi connectivity index (χ3n) is 5.14. The number of esters is 1. The molecule has 1 saturated heterocycles. The Kier molecular flexibility index (Phi) is 7.06. The van der Waals surface area contributed by atoms with Crippen LogP contribution in [0.4, 0.5) is 4.79 Å². The quantitative estimate of drug-likeness (QED) is 0.446. The third-order valence-corrected chi connectivity index (χ3v) is 6.95. The van der Waals surface area contributed by atoms with Gasteiger partial charge in [0.2, 0.25) is 0 Å². The van der Waals surface area contributed by atoms with Gasteiger partial charge in [-0.3, -0.25) is 4.79 Å². The molecule has 1 aliphatic rings. The fourth-order valence-corrected chi connectivity index (χ4v) is 5.58. The summed E-state index contributed by atoms with van der Waals surface area (Å²) in [7, 11) is 0. The number of hydrogen-bond acceptors (Lipinski definition) is 5. The molecule has 0 radical (unpaired) electrons. The minimum Gasteiger partial charge on any atom is -0.460 e. The Morgan fingerprint density at radius 1 is 1.16 bits per heavy atom. The van der Waals surface area contributed by atoms with Gasteiger partial charge in [-0.15, -0.1) is 11.3 Å². The van der Waals surface area contributed by atoms with Gasteiger partial charge in [0.05, 0.1) is 5.92 Å². The number of fused-ring (bicyclic) bond motifs is 1. The molecule has 0 N–H and O–H groups in total. The second kappa shape index (κ2) is 9.10. The first kappa shape index (κ1) is 24.1. The average molecular weight is 510 g/mol. The number of halogens is 1. The molecule has 5 nitrogen and oxygen atoms in total. The summed E-state index contributed by atoms with van der Waals surface area (Å²) in [6.45, 7) is 12.4. The normalized spacial score (nSPS) is 18.3. The summed E-state index contributed by atoms with van der Waals surface area (Å²) in [6.07, 6.45) is 1.05. The van der Waals surface area contributed by atoms with Gasteiger partial charge < -0.3 is 14.4 Å². The van der Waals surface area contributed by atoms with E-state index in [1.165, 1.54) is 4.70 Å². The monoisotopic (exact) mass is 509 g/mol. The van der Waals surface area contributed by atoms with Gasteiger partial charge in [-0.1, -0.05) is 22.0 Å². The maximum Gasteiger partial charge on any atom is 0.410 e. The third kappa shape index (κ3) is 6.45. The van der Waals surface area contributed by atoms with Crippen LogP contribution in [0.5, 0.6) is 0 Å². The highest BCUT2D eigenvalue weighted by molar-refractivity contribution is 9.10. The van der Waals surface area contributed by atoms with Crippen LogP contribution in [0.3, 0.4) is 0 Å². The Labute approximate surface area is 197 Å². The molecule has 0 aliphatic carbocycles. The summed E-state index contributed by atoms with van der Waals surface area (Å²) < 4.78 is 13.6. The number of carbonyl (C=O) groups excluding carboxylic acids is 2.